The molecule has 0 spiro atoms. The van der Waals surface area contributed by atoms with E-state index < -0.39 is 0 Å². The molecule has 0 bridgehead atoms. The summed E-state index contributed by atoms with van der Waals surface area (Å²) in [6.07, 6.45) is 0. The van der Waals surface area contributed by atoms with E-state index in [4.69, 9.17) is 0 Å². The molecule has 12 heavy (non-hydrogen) atoms. The van der Waals surface area contributed by atoms with Crippen LogP contribution in [0.2, 0.25) is 0 Å². The maximum absolute atomic E-state index is 13.5. The van der Waals surface area contributed by atoms with Crippen molar-refractivity contribution in [3.63, 3.8) is 0 Å². The van der Waals surface area contributed by atoms with Gasteiger partial charge in [-0.2, -0.15) is 0 Å². The molecule has 0 aromatic heterocycles. The topological polar surface area (TPSA) is 0 Å². The molecule has 1 atom stereocenters. The Labute approximate surface area is 75.4 Å². The standard InChI is InChI=1S/C10H14FP/c1-6(2)9-8(12)5-4-7(3)10(9)11/h4-6H,12H2,1-3H3. The Kier molecular flexibility index (Phi) is 2.85. The van der Waals surface area contributed by atoms with Crippen LogP contribution >= 0.6 is 9.24 Å². The second-order valence-electron chi connectivity index (χ2n) is 3.35. The summed E-state index contributed by atoms with van der Waals surface area (Å²) in [4.78, 5) is 0. The first-order valence-electron chi connectivity index (χ1n) is 4.08. The van der Waals surface area contributed by atoms with E-state index in [1.54, 1.807) is 6.92 Å². The van der Waals surface area contributed by atoms with E-state index in [1.807, 2.05) is 26.0 Å². The van der Waals surface area contributed by atoms with Crippen LogP contribution in [0.5, 0.6) is 0 Å². The molecule has 0 heterocycles. The van der Waals surface area contributed by atoms with Gasteiger partial charge in [0.25, 0.3) is 0 Å². The van der Waals surface area contributed by atoms with Gasteiger partial charge in [0.1, 0.15) is 5.82 Å². The van der Waals surface area contributed by atoms with Gasteiger partial charge in [-0.05, 0) is 29.3 Å². The number of hydrogen-bond donors (Lipinski definition) is 0. The lowest BCUT2D eigenvalue weighted by Crippen LogP contribution is -2.08. The summed E-state index contributed by atoms with van der Waals surface area (Å²) < 4.78 is 13.5. The summed E-state index contributed by atoms with van der Waals surface area (Å²) in [5.41, 5.74) is 1.55. The van der Waals surface area contributed by atoms with E-state index in [0.29, 0.717) is 0 Å². The van der Waals surface area contributed by atoms with Gasteiger partial charge >= 0.3 is 0 Å². The molecular weight excluding hydrogens is 170 g/mol. The molecule has 0 aliphatic rings. The van der Waals surface area contributed by atoms with Crippen LogP contribution in [-0.4, -0.2) is 0 Å². The second-order valence-corrected chi connectivity index (χ2v) is 3.98. The third kappa shape index (κ3) is 1.67. The maximum Gasteiger partial charge on any atom is 0.130 e. The van der Waals surface area contributed by atoms with Crippen LogP contribution in [0.3, 0.4) is 0 Å². The molecule has 1 aromatic carbocycles. The van der Waals surface area contributed by atoms with Crippen molar-refractivity contribution in [3.05, 3.63) is 29.1 Å². The third-order valence-corrected chi connectivity index (χ3v) is 2.49. The van der Waals surface area contributed by atoms with Crippen molar-refractivity contribution in [2.45, 2.75) is 26.7 Å². The minimum atomic E-state index is -0.0579. The lowest BCUT2D eigenvalue weighted by molar-refractivity contribution is 0.592. The van der Waals surface area contributed by atoms with Crippen LogP contribution in [0.25, 0.3) is 0 Å². The van der Waals surface area contributed by atoms with Gasteiger partial charge in [0, 0.05) is 0 Å². The number of hydrogen-bond acceptors (Lipinski definition) is 0. The predicted molar refractivity (Wildman–Crippen MR) is 54.6 cm³/mol. The molecule has 66 valence electrons. The van der Waals surface area contributed by atoms with E-state index >= 15 is 0 Å². The SMILES string of the molecule is Cc1ccc(P)c(C(C)C)c1F. The highest BCUT2D eigenvalue weighted by atomic mass is 31.0. The largest absolute Gasteiger partial charge is 0.206 e. The summed E-state index contributed by atoms with van der Waals surface area (Å²) in [5, 5.41) is 0.966. The van der Waals surface area contributed by atoms with E-state index in [9.17, 15) is 4.39 Å². The first kappa shape index (κ1) is 9.67. The summed E-state index contributed by atoms with van der Waals surface area (Å²) in [6, 6.07) is 3.75. The number of rotatable bonds is 1. The molecular formula is C10H14FP. The molecule has 0 amide bonds. The van der Waals surface area contributed by atoms with Crippen molar-refractivity contribution in [1.29, 1.82) is 0 Å². The monoisotopic (exact) mass is 184 g/mol. The van der Waals surface area contributed by atoms with Gasteiger partial charge in [-0.15, -0.1) is 9.24 Å². The molecule has 0 fully saturated rings. The first-order valence-corrected chi connectivity index (χ1v) is 4.66. The Bertz CT molecular complexity index is 292. The lowest BCUT2D eigenvalue weighted by atomic mass is 10.0. The molecule has 0 N–H and O–H groups in total. The van der Waals surface area contributed by atoms with Crippen molar-refractivity contribution < 1.29 is 4.39 Å². The van der Waals surface area contributed by atoms with Gasteiger partial charge in [0.2, 0.25) is 0 Å². The van der Waals surface area contributed by atoms with Crippen molar-refractivity contribution in [2.24, 2.45) is 0 Å². The Morgan fingerprint density at radius 2 is 1.92 bits per heavy atom. The van der Waals surface area contributed by atoms with E-state index in [0.717, 1.165) is 16.4 Å². The van der Waals surface area contributed by atoms with Crippen LogP contribution in [0.1, 0.15) is 30.9 Å². The molecule has 2 heteroatoms. The average Bonchev–Trinajstić information content (AvgIpc) is 1.97. The zero-order valence-electron chi connectivity index (χ0n) is 7.69. The van der Waals surface area contributed by atoms with E-state index in [2.05, 4.69) is 9.24 Å². The Hall–Kier alpha value is -0.420. The molecule has 1 unspecified atom stereocenters. The molecule has 0 aliphatic heterocycles. The van der Waals surface area contributed by atoms with Crippen molar-refractivity contribution >= 4 is 14.5 Å². The fraction of sp³-hybridized carbons (Fsp3) is 0.400. The minimum Gasteiger partial charge on any atom is -0.206 e. The normalized spacial score (nSPS) is 10.8. The van der Waals surface area contributed by atoms with Gasteiger partial charge in [0.15, 0.2) is 0 Å². The van der Waals surface area contributed by atoms with Gasteiger partial charge in [0.05, 0.1) is 0 Å². The first-order chi connectivity index (χ1) is 5.54. The van der Waals surface area contributed by atoms with Crippen LogP contribution < -0.4 is 5.30 Å². The van der Waals surface area contributed by atoms with Crippen molar-refractivity contribution in [1.82, 2.24) is 0 Å². The van der Waals surface area contributed by atoms with Crippen LogP contribution in [0.4, 0.5) is 4.39 Å². The fourth-order valence-corrected chi connectivity index (χ4v) is 1.86. The quantitative estimate of drug-likeness (QED) is 0.589. The Morgan fingerprint density at radius 3 is 2.33 bits per heavy atom. The lowest BCUT2D eigenvalue weighted by Gasteiger charge is -2.11. The summed E-state index contributed by atoms with van der Waals surface area (Å²) in [5.74, 6) is 0.190. The van der Waals surface area contributed by atoms with Crippen molar-refractivity contribution in [2.75, 3.05) is 0 Å². The minimum absolute atomic E-state index is 0.0579. The maximum atomic E-state index is 13.5. The molecule has 0 saturated heterocycles. The van der Waals surface area contributed by atoms with Crippen LogP contribution in [0.15, 0.2) is 12.1 Å². The second kappa shape index (κ2) is 3.53. The number of aryl methyl sites for hydroxylation is 1. The van der Waals surface area contributed by atoms with E-state index in [1.165, 1.54) is 0 Å². The Morgan fingerprint density at radius 1 is 1.33 bits per heavy atom. The molecule has 0 saturated carbocycles. The number of benzene rings is 1. The molecule has 0 aliphatic carbocycles. The van der Waals surface area contributed by atoms with Gasteiger partial charge < -0.3 is 0 Å². The van der Waals surface area contributed by atoms with Crippen LogP contribution in [-0.2, 0) is 0 Å². The average molecular weight is 184 g/mol. The van der Waals surface area contributed by atoms with Crippen molar-refractivity contribution in [3.8, 4) is 0 Å². The molecule has 1 rings (SSSR count). The summed E-state index contributed by atoms with van der Waals surface area (Å²) in [6.45, 7) is 5.81. The molecule has 0 nitrogen and oxygen atoms in total. The highest BCUT2D eigenvalue weighted by Gasteiger charge is 2.11. The molecule has 1 aromatic rings. The van der Waals surface area contributed by atoms with Gasteiger partial charge in [-0.1, -0.05) is 26.0 Å². The fourth-order valence-electron chi connectivity index (χ4n) is 1.30. The van der Waals surface area contributed by atoms with Gasteiger partial charge in [-0.3, -0.25) is 0 Å². The predicted octanol–water partition coefficient (Wildman–Crippen LogP) is 2.76. The highest BCUT2D eigenvalue weighted by Crippen LogP contribution is 2.20. The third-order valence-electron chi connectivity index (χ3n) is 1.98. The van der Waals surface area contributed by atoms with E-state index in [-0.39, 0.29) is 11.7 Å². The highest BCUT2D eigenvalue weighted by molar-refractivity contribution is 7.27. The van der Waals surface area contributed by atoms with Crippen LogP contribution in [0, 0.1) is 12.7 Å². The summed E-state index contributed by atoms with van der Waals surface area (Å²) in [7, 11) is 2.57. The number of halogens is 1. The zero-order chi connectivity index (χ0) is 9.30. The Balaban J connectivity index is 3.33. The van der Waals surface area contributed by atoms with Gasteiger partial charge in [-0.25, -0.2) is 4.39 Å². The smallest absolute Gasteiger partial charge is 0.130 e. The molecule has 0 radical (unpaired) electrons. The zero-order valence-corrected chi connectivity index (χ0v) is 8.84. The summed E-state index contributed by atoms with van der Waals surface area (Å²) >= 11 is 0.